The van der Waals surface area contributed by atoms with Crippen molar-refractivity contribution in [2.45, 2.75) is 33.1 Å². The molecule has 1 N–H and O–H groups in total. The Morgan fingerprint density at radius 1 is 1.19 bits per heavy atom. The Balaban J connectivity index is 0.00000364. The normalized spacial score (nSPS) is 14.9. The maximum Gasteiger partial charge on any atom is 0.236 e. The monoisotopic (exact) mass is 396 g/mol. The topological polar surface area (TPSA) is 58.6 Å². The Labute approximate surface area is 169 Å². The minimum atomic E-state index is 0. The van der Waals surface area contributed by atoms with Crippen LogP contribution >= 0.6 is 12.4 Å². The lowest BCUT2D eigenvalue weighted by Crippen LogP contribution is -2.44. The van der Waals surface area contributed by atoms with Crippen LogP contribution < -0.4 is 5.32 Å². The van der Waals surface area contributed by atoms with Gasteiger partial charge in [-0.2, -0.15) is 0 Å². The van der Waals surface area contributed by atoms with Gasteiger partial charge in [0.1, 0.15) is 0 Å². The molecule has 1 heterocycles. The van der Waals surface area contributed by atoms with Gasteiger partial charge in [0.2, 0.25) is 5.91 Å². The summed E-state index contributed by atoms with van der Waals surface area (Å²) in [7, 11) is 1.64. The number of carbonyl (C=O) groups excluding carboxylic acids is 2. The highest BCUT2D eigenvalue weighted by Gasteiger charge is 2.27. The van der Waals surface area contributed by atoms with Gasteiger partial charge in [0.25, 0.3) is 0 Å². The lowest BCUT2D eigenvalue weighted by molar-refractivity contribution is -0.131. The first-order valence-corrected chi connectivity index (χ1v) is 9.61. The summed E-state index contributed by atoms with van der Waals surface area (Å²) in [6.07, 6.45) is 2.53. The molecule has 0 atom stereocenters. The number of rotatable bonds is 9. The summed E-state index contributed by atoms with van der Waals surface area (Å²) in [5.74, 6) is 0.954. The third kappa shape index (κ3) is 7.60. The number of likely N-dealkylation sites (tertiary alicyclic amines) is 1. The van der Waals surface area contributed by atoms with Crippen molar-refractivity contribution in [3.05, 3.63) is 35.4 Å². The summed E-state index contributed by atoms with van der Waals surface area (Å²) in [6, 6.07) is 8.05. The molecule has 1 aromatic carbocycles. The maximum absolute atomic E-state index is 12.7. The molecule has 5 nitrogen and oxygen atoms in total. The molecule has 2 rings (SSSR count). The zero-order chi connectivity index (χ0) is 18.9. The maximum atomic E-state index is 12.7. The van der Waals surface area contributed by atoms with Crippen molar-refractivity contribution < 1.29 is 14.3 Å². The first kappa shape index (κ1) is 23.6. The summed E-state index contributed by atoms with van der Waals surface area (Å²) in [4.78, 5) is 26.8. The number of hydrogen-bond acceptors (Lipinski definition) is 4. The number of nitrogens with one attached hydrogen (secondary N) is 1. The highest BCUT2D eigenvalue weighted by molar-refractivity contribution is 5.98. The van der Waals surface area contributed by atoms with Gasteiger partial charge in [-0.25, -0.2) is 0 Å². The number of nitrogens with zero attached hydrogens (tertiary/aromatic N) is 1. The molecule has 1 aromatic rings. The van der Waals surface area contributed by atoms with E-state index in [1.807, 2.05) is 17.0 Å². The van der Waals surface area contributed by atoms with Gasteiger partial charge < -0.3 is 15.0 Å². The predicted octanol–water partition coefficient (Wildman–Crippen LogP) is 2.96. The molecule has 0 bridgehead atoms. The Bertz CT molecular complexity index is 582. The van der Waals surface area contributed by atoms with Crippen LogP contribution in [0.1, 0.15) is 42.6 Å². The van der Waals surface area contributed by atoms with Gasteiger partial charge in [-0.3, -0.25) is 9.59 Å². The van der Waals surface area contributed by atoms with Gasteiger partial charge in [-0.15, -0.1) is 12.4 Å². The van der Waals surface area contributed by atoms with Crippen LogP contribution in [0.3, 0.4) is 0 Å². The zero-order valence-corrected chi connectivity index (χ0v) is 17.5. The Morgan fingerprint density at radius 3 is 2.37 bits per heavy atom. The van der Waals surface area contributed by atoms with Crippen LogP contribution in [-0.2, 0) is 16.0 Å². The molecule has 1 fully saturated rings. The molecule has 0 spiro atoms. The SMILES string of the molecule is COCCNCC(=O)N1CCC(C(=O)c2ccc(CC(C)C)cc2)CC1.Cl. The molecule has 0 unspecified atom stereocenters. The molecule has 0 aliphatic carbocycles. The third-order valence-electron chi connectivity index (χ3n) is 4.86. The number of benzene rings is 1. The van der Waals surface area contributed by atoms with E-state index in [2.05, 4.69) is 31.3 Å². The number of ketones is 1. The van der Waals surface area contributed by atoms with Crippen molar-refractivity contribution in [1.29, 1.82) is 0 Å². The number of amides is 1. The van der Waals surface area contributed by atoms with E-state index in [4.69, 9.17) is 4.74 Å². The van der Waals surface area contributed by atoms with Crippen LogP contribution in [0.15, 0.2) is 24.3 Å². The van der Waals surface area contributed by atoms with Crippen molar-refractivity contribution in [3.63, 3.8) is 0 Å². The quantitative estimate of drug-likeness (QED) is 0.515. The van der Waals surface area contributed by atoms with Gasteiger partial charge in [-0.05, 0) is 30.7 Å². The molecule has 1 aliphatic rings. The first-order valence-electron chi connectivity index (χ1n) is 9.61. The van der Waals surface area contributed by atoms with Gasteiger partial charge >= 0.3 is 0 Å². The van der Waals surface area contributed by atoms with Gasteiger partial charge in [-0.1, -0.05) is 38.1 Å². The number of hydrogen-bond donors (Lipinski definition) is 1. The summed E-state index contributed by atoms with van der Waals surface area (Å²) in [5, 5.41) is 3.08. The van der Waals surface area contributed by atoms with Crippen LogP contribution in [-0.4, -0.2) is 56.5 Å². The van der Waals surface area contributed by atoms with Crippen LogP contribution in [0.4, 0.5) is 0 Å². The van der Waals surface area contributed by atoms with Gasteiger partial charge in [0.15, 0.2) is 5.78 Å². The number of ether oxygens (including phenoxy) is 1. The number of halogens is 1. The Morgan fingerprint density at radius 2 is 1.81 bits per heavy atom. The van der Waals surface area contributed by atoms with E-state index in [-0.39, 0.29) is 30.0 Å². The van der Waals surface area contributed by atoms with Gasteiger partial charge in [0.05, 0.1) is 13.2 Å². The molecule has 6 heteroatoms. The average Bonchev–Trinajstić information content (AvgIpc) is 2.65. The second-order valence-electron chi connectivity index (χ2n) is 7.48. The highest BCUT2D eigenvalue weighted by Crippen LogP contribution is 2.22. The number of methoxy groups -OCH3 is 1. The molecule has 0 radical (unpaired) electrons. The van der Waals surface area contributed by atoms with Crippen molar-refractivity contribution in [1.82, 2.24) is 10.2 Å². The van der Waals surface area contributed by atoms with Crippen molar-refractivity contribution in [3.8, 4) is 0 Å². The number of piperidine rings is 1. The Hall–Kier alpha value is -1.43. The van der Waals surface area contributed by atoms with Gasteiger partial charge in [0, 0.05) is 38.2 Å². The van der Waals surface area contributed by atoms with E-state index in [9.17, 15) is 9.59 Å². The molecular weight excluding hydrogens is 364 g/mol. The van der Waals surface area contributed by atoms with E-state index < -0.39 is 0 Å². The van der Waals surface area contributed by atoms with Crippen LogP contribution in [0.2, 0.25) is 0 Å². The van der Waals surface area contributed by atoms with Crippen LogP contribution in [0.25, 0.3) is 0 Å². The predicted molar refractivity (Wildman–Crippen MR) is 111 cm³/mol. The fourth-order valence-corrected chi connectivity index (χ4v) is 3.38. The molecule has 0 aromatic heterocycles. The highest BCUT2D eigenvalue weighted by atomic mass is 35.5. The van der Waals surface area contributed by atoms with E-state index in [1.54, 1.807) is 7.11 Å². The summed E-state index contributed by atoms with van der Waals surface area (Å²) in [5.41, 5.74) is 2.07. The molecule has 1 saturated heterocycles. The number of Topliss-reactive ketones (excluding diaryl/α,β-unsaturated/α-hetero) is 1. The smallest absolute Gasteiger partial charge is 0.236 e. The lowest BCUT2D eigenvalue weighted by atomic mass is 9.88. The van der Waals surface area contributed by atoms with Crippen molar-refractivity contribution in [2.75, 3.05) is 39.9 Å². The number of carbonyl (C=O) groups is 2. The molecule has 27 heavy (non-hydrogen) atoms. The molecular formula is C21H33ClN2O3. The first-order chi connectivity index (χ1) is 12.5. The fraction of sp³-hybridized carbons (Fsp3) is 0.619. The second-order valence-corrected chi connectivity index (χ2v) is 7.48. The van der Waals surface area contributed by atoms with Crippen molar-refractivity contribution >= 4 is 24.1 Å². The minimum absolute atomic E-state index is 0. The van der Waals surface area contributed by atoms with Crippen LogP contribution in [0.5, 0.6) is 0 Å². The standard InChI is InChI=1S/C21H32N2O3.ClH/c1-16(2)14-17-4-6-18(7-5-17)21(25)19-8-11-23(12-9-19)20(24)15-22-10-13-26-3;/h4-7,16,19,22H,8-15H2,1-3H3;1H. The average molecular weight is 397 g/mol. The molecule has 1 amide bonds. The van der Waals surface area contributed by atoms with Crippen molar-refractivity contribution in [2.24, 2.45) is 11.8 Å². The fourth-order valence-electron chi connectivity index (χ4n) is 3.38. The summed E-state index contributed by atoms with van der Waals surface area (Å²) >= 11 is 0. The second kappa shape index (κ2) is 12.1. The lowest BCUT2D eigenvalue weighted by Gasteiger charge is -2.31. The third-order valence-corrected chi connectivity index (χ3v) is 4.86. The minimum Gasteiger partial charge on any atom is -0.383 e. The van der Waals surface area contributed by atoms with E-state index >= 15 is 0 Å². The largest absolute Gasteiger partial charge is 0.383 e. The van der Waals surface area contributed by atoms with E-state index in [1.165, 1.54) is 5.56 Å². The Kier molecular flexibility index (Phi) is 10.6. The van der Waals surface area contributed by atoms with Crippen LogP contribution in [0, 0.1) is 11.8 Å². The molecule has 0 saturated carbocycles. The van der Waals surface area contributed by atoms with E-state index in [0.29, 0.717) is 38.7 Å². The molecule has 152 valence electrons. The summed E-state index contributed by atoms with van der Waals surface area (Å²) < 4.78 is 4.95. The zero-order valence-electron chi connectivity index (χ0n) is 16.7. The summed E-state index contributed by atoms with van der Waals surface area (Å²) in [6.45, 7) is 7.31. The molecule has 1 aliphatic heterocycles. The van der Waals surface area contributed by atoms with E-state index in [0.717, 1.165) is 24.8 Å².